The molecule has 2 N–H and O–H groups in total. The highest BCUT2D eigenvalue weighted by Gasteiger charge is 2.39. The fourth-order valence-electron chi connectivity index (χ4n) is 2.40. The molecule has 1 saturated carbocycles. The van der Waals surface area contributed by atoms with Crippen LogP contribution in [0.1, 0.15) is 45.4 Å². The molecule has 18 heavy (non-hydrogen) atoms. The van der Waals surface area contributed by atoms with Crippen LogP contribution in [0, 0.1) is 0 Å². The van der Waals surface area contributed by atoms with E-state index in [1.807, 2.05) is 4.90 Å². The molecule has 0 unspecified atom stereocenters. The molecule has 1 rings (SSSR count). The second-order valence-corrected chi connectivity index (χ2v) is 5.00. The highest BCUT2D eigenvalue weighted by molar-refractivity contribution is 5.86. The second kappa shape index (κ2) is 8.73. The van der Waals surface area contributed by atoms with Gasteiger partial charge in [0.1, 0.15) is 0 Å². The predicted octanol–water partition coefficient (Wildman–Crippen LogP) is 1.95. The van der Waals surface area contributed by atoms with Crippen LogP contribution in [-0.2, 0) is 9.53 Å². The summed E-state index contributed by atoms with van der Waals surface area (Å²) in [6.45, 7) is 4.18. The number of hydrogen-bond acceptors (Lipinski definition) is 3. The number of methoxy groups -OCH3 is 1. The van der Waals surface area contributed by atoms with Gasteiger partial charge in [-0.05, 0) is 19.3 Å². The monoisotopic (exact) mass is 278 g/mol. The number of nitrogens with zero attached hydrogens (tertiary/aromatic N) is 1. The van der Waals surface area contributed by atoms with Gasteiger partial charge in [-0.2, -0.15) is 0 Å². The molecule has 1 aliphatic carbocycles. The Labute approximate surface area is 117 Å². The molecule has 108 valence electrons. The van der Waals surface area contributed by atoms with Gasteiger partial charge in [0.25, 0.3) is 0 Å². The average Bonchev–Trinajstić information content (AvgIpc) is 2.77. The van der Waals surface area contributed by atoms with Gasteiger partial charge in [-0.3, -0.25) is 4.79 Å². The summed E-state index contributed by atoms with van der Waals surface area (Å²) in [7, 11) is 1.66. The van der Waals surface area contributed by atoms with Crippen LogP contribution < -0.4 is 5.73 Å². The number of ether oxygens (including phenoxy) is 1. The zero-order valence-electron chi connectivity index (χ0n) is 11.6. The lowest BCUT2D eigenvalue weighted by molar-refractivity contribution is -0.137. The van der Waals surface area contributed by atoms with Gasteiger partial charge in [-0.1, -0.05) is 26.2 Å². The molecule has 1 aliphatic rings. The van der Waals surface area contributed by atoms with E-state index >= 15 is 0 Å². The molecule has 0 atom stereocenters. The molecule has 0 heterocycles. The smallest absolute Gasteiger partial charge is 0.242 e. The van der Waals surface area contributed by atoms with Gasteiger partial charge in [0.05, 0.1) is 12.1 Å². The summed E-state index contributed by atoms with van der Waals surface area (Å²) in [6, 6.07) is 0. The van der Waals surface area contributed by atoms with Crippen LogP contribution in [0.25, 0.3) is 0 Å². The molecule has 1 amide bonds. The molecule has 1 fully saturated rings. The van der Waals surface area contributed by atoms with Crippen LogP contribution in [0.15, 0.2) is 0 Å². The van der Waals surface area contributed by atoms with E-state index in [2.05, 4.69) is 6.92 Å². The van der Waals surface area contributed by atoms with E-state index < -0.39 is 5.54 Å². The van der Waals surface area contributed by atoms with Crippen LogP contribution in [-0.4, -0.2) is 43.2 Å². The van der Waals surface area contributed by atoms with Crippen molar-refractivity contribution in [2.24, 2.45) is 5.73 Å². The van der Waals surface area contributed by atoms with Crippen LogP contribution in [0.2, 0.25) is 0 Å². The van der Waals surface area contributed by atoms with E-state index in [-0.39, 0.29) is 18.3 Å². The molecule has 0 aromatic carbocycles. The molecule has 0 aliphatic heterocycles. The highest BCUT2D eigenvalue weighted by Crippen LogP contribution is 2.29. The first kappa shape index (κ1) is 17.7. The fraction of sp³-hybridized carbons (Fsp3) is 0.923. The van der Waals surface area contributed by atoms with Crippen LogP contribution in [0.3, 0.4) is 0 Å². The fourth-order valence-corrected chi connectivity index (χ4v) is 2.40. The third-order valence-corrected chi connectivity index (χ3v) is 3.56. The van der Waals surface area contributed by atoms with Crippen LogP contribution in [0.5, 0.6) is 0 Å². The van der Waals surface area contributed by atoms with Gasteiger partial charge in [-0.25, -0.2) is 0 Å². The summed E-state index contributed by atoms with van der Waals surface area (Å²) in [5.41, 5.74) is 5.62. The van der Waals surface area contributed by atoms with E-state index in [9.17, 15) is 4.79 Å². The van der Waals surface area contributed by atoms with Gasteiger partial charge < -0.3 is 15.4 Å². The standard InChI is InChI=1S/C13H26N2O2.ClH/c1-3-4-9-15(10-11-17-2)12(16)13(14)7-5-6-8-13;/h3-11,14H2,1-2H3;1H. The van der Waals surface area contributed by atoms with Crippen molar-refractivity contribution in [3.63, 3.8) is 0 Å². The van der Waals surface area contributed by atoms with Gasteiger partial charge in [0.2, 0.25) is 5.91 Å². The normalized spacial score (nSPS) is 17.3. The molecule has 0 aromatic heterocycles. The Morgan fingerprint density at radius 1 is 1.33 bits per heavy atom. The van der Waals surface area contributed by atoms with E-state index in [0.717, 1.165) is 45.1 Å². The molecule has 0 bridgehead atoms. The van der Waals surface area contributed by atoms with Crippen molar-refractivity contribution < 1.29 is 9.53 Å². The second-order valence-electron chi connectivity index (χ2n) is 5.00. The minimum Gasteiger partial charge on any atom is -0.383 e. The Kier molecular flexibility index (Phi) is 8.57. The van der Waals surface area contributed by atoms with E-state index in [1.165, 1.54) is 0 Å². The highest BCUT2D eigenvalue weighted by atomic mass is 35.5. The lowest BCUT2D eigenvalue weighted by Gasteiger charge is -2.31. The van der Waals surface area contributed by atoms with Crippen molar-refractivity contribution in [2.45, 2.75) is 51.0 Å². The summed E-state index contributed by atoms with van der Waals surface area (Å²) in [4.78, 5) is 14.3. The lowest BCUT2D eigenvalue weighted by atomic mass is 9.97. The van der Waals surface area contributed by atoms with Gasteiger partial charge >= 0.3 is 0 Å². The molecular weight excluding hydrogens is 252 g/mol. The molecular formula is C13H27ClN2O2. The third-order valence-electron chi connectivity index (χ3n) is 3.56. The molecule has 5 heteroatoms. The maximum absolute atomic E-state index is 12.4. The maximum atomic E-state index is 12.4. The van der Waals surface area contributed by atoms with E-state index in [4.69, 9.17) is 10.5 Å². The number of unbranched alkanes of at least 4 members (excludes halogenated alkanes) is 1. The minimum atomic E-state index is -0.596. The van der Waals surface area contributed by atoms with Gasteiger partial charge in [0.15, 0.2) is 0 Å². The zero-order valence-corrected chi connectivity index (χ0v) is 12.4. The first-order valence-electron chi connectivity index (χ1n) is 6.71. The minimum absolute atomic E-state index is 0. The maximum Gasteiger partial charge on any atom is 0.242 e. The number of nitrogens with two attached hydrogens (primary N) is 1. The van der Waals surface area contributed by atoms with Crippen molar-refractivity contribution in [3.8, 4) is 0 Å². The largest absolute Gasteiger partial charge is 0.383 e. The Hall–Kier alpha value is -0.320. The lowest BCUT2D eigenvalue weighted by Crippen LogP contribution is -2.54. The summed E-state index contributed by atoms with van der Waals surface area (Å²) in [5, 5.41) is 0. The van der Waals surface area contributed by atoms with Crippen molar-refractivity contribution in [2.75, 3.05) is 26.8 Å². The van der Waals surface area contributed by atoms with E-state index in [0.29, 0.717) is 13.2 Å². The Bertz CT molecular complexity index is 235. The Morgan fingerprint density at radius 2 is 1.94 bits per heavy atom. The number of rotatable bonds is 7. The molecule has 0 radical (unpaired) electrons. The van der Waals surface area contributed by atoms with Crippen molar-refractivity contribution in [1.29, 1.82) is 0 Å². The number of halogens is 1. The SMILES string of the molecule is CCCCN(CCOC)C(=O)C1(N)CCCC1.Cl. The molecule has 0 aromatic rings. The summed E-state index contributed by atoms with van der Waals surface area (Å²) in [5.74, 6) is 0.125. The molecule has 0 spiro atoms. The average molecular weight is 279 g/mol. The Morgan fingerprint density at radius 3 is 2.44 bits per heavy atom. The van der Waals surface area contributed by atoms with Crippen molar-refractivity contribution >= 4 is 18.3 Å². The topological polar surface area (TPSA) is 55.6 Å². The first-order chi connectivity index (χ1) is 8.14. The van der Waals surface area contributed by atoms with E-state index in [1.54, 1.807) is 7.11 Å². The Balaban J connectivity index is 0.00000289. The summed E-state index contributed by atoms with van der Waals surface area (Å²) >= 11 is 0. The quantitative estimate of drug-likeness (QED) is 0.774. The van der Waals surface area contributed by atoms with Crippen LogP contribution in [0.4, 0.5) is 0 Å². The van der Waals surface area contributed by atoms with Gasteiger partial charge in [-0.15, -0.1) is 12.4 Å². The number of hydrogen-bond donors (Lipinski definition) is 1. The summed E-state index contributed by atoms with van der Waals surface area (Å²) in [6.07, 6.45) is 5.95. The first-order valence-corrected chi connectivity index (χ1v) is 6.71. The zero-order chi connectivity index (χ0) is 12.7. The van der Waals surface area contributed by atoms with Crippen LogP contribution >= 0.6 is 12.4 Å². The van der Waals surface area contributed by atoms with Crippen molar-refractivity contribution in [3.05, 3.63) is 0 Å². The van der Waals surface area contributed by atoms with Crippen molar-refractivity contribution in [1.82, 2.24) is 4.90 Å². The number of amides is 1. The number of carbonyl (C=O) groups excluding carboxylic acids is 1. The summed E-state index contributed by atoms with van der Waals surface area (Å²) < 4.78 is 5.06. The third kappa shape index (κ3) is 4.75. The predicted molar refractivity (Wildman–Crippen MR) is 76.0 cm³/mol. The van der Waals surface area contributed by atoms with Gasteiger partial charge in [0, 0.05) is 20.2 Å². The number of carbonyl (C=O) groups is 1. The molecule has 0 saturated heterocycles. The molecule has 4 nitrogen and oxygen atoms in total.